The maximum atomic E-state index is 13.3. The first-order valence-corrected chi connectivity index (χ1v) is 12.4. The second-order valence-electron chi connectivity index (χ2n) is 8.15. The van der Waals surface area contributed by atoms with E-state index in [9.17, 15) is 40.8 Å². The lowest BCUT2D eigenvalue weighted by molar-refractivity contribution is -0.286. The summed E-state index contributed by atoms with van der Waals surface area (Å²) >= 11 is 0. The average molecular weight is 564 g/mol. The van der Waals surface area contributed by atoms with Gasteiger partial charge in [0.15, 0.2) is 30.7 Å². The van der Waals surface area contributed by atoms with Gasteiger partial charge in [-0.2, -0.15) is 21.6 Å². The van der Waals surface area contributed by atoms with Crippen molar-refractivity contribution in [2.45, 2.75) is 95.4 Å². The van der Waals surface area contributed by atoms with E-state index in [-0.39, 0.29) is 13.0 Å². The van der Waals surface area contributed by atoms with Gasteiger partial charge in [0.1, 0.15) is 12.2 Å². The molecule has 212 valence electrons. The zero-order valence-corrected chi connectivity index (χ0v) is 21.0. The number of rotatable bonds is 8. The summed E-state index contributed by atoms with van der Waals surface area (Å²) in [4.78, 5) is 47.6. The number of hydrogen-bond acceptors (Lipinski definition) is 13. The van der Waals surface area contributed by atoms with E-state index in [4.69, 9.17) is 28.4 Å². The van der Waals surface area contributed by atoms with Gasteiger partial charge in [-0.05, 0) is 19.3 Å². The van der Waals surface area contributed by atoms with Crippen LogP contribution < -0.4 is 0 Å². The Bertz CT molecular complexity index is 961. The standard InChI is InChI=1S/C20H27F3O13S/c1-9(24)31-14-15(32-10(2)25)17(34-12(4)27)19(36-37(28,29)20(21,22)23)18(16(14)33-11(3)26)35-13-7-5-6-8-30-13/h13-19H,5-8H2,1-4H3/t13?,14-,15-,16+,17+,18+,19-/m0/s1. The molecule has 37 heavy (non-hydrogen) atoms. The van der Waals surface area contributed by atoms with E-state index in [0.29, 0.717) is 12.8 Å². The maximum absolute atomic E-state index is 13.3. The molecular weight excluding hydrogens is 537 g/mol. The first kappa shape index (κ1) is 30.7. The van der Waals surface area contributed by atoms with Gasteiger partial charge in [-0.3, -0.25) is 23.4 Å². The van der Waals surface area contributed by atoms with Gasteiger partial charge in [-0.1, -0.05) is 0 Å². The topological polar surface area (TPSA) is 167 Å². The van der Waals surface area contributed by atoms with Crippen LogP contribution in [0.25, 0.3) is 0 Å². The van der Waals surface area contributed by atoms with E-state index < -0.39 is 82.4 Å². The van der Waals surface area contributed by atoms with Gasteiger partial charge < -0.3 is 28.4 Å². The number of carbonyl (C=O) groups excluding carboxylic acids is 4. The van der Waals surface area contributed by atoms with E-state index in [0.717, 1.165) is 27.7 Å². The minimum atomic E-state index is -6.38. The predicted octanol–water partition coefficient (Wildman–Crippen LogP) is 0.873. The first-order chi connectivity index (χ1) is 17.0. The van der Waals surface area contributed by atoms with Crippen molar-refractivity contribution in [3.63, 3.8) is 0 Å². The van der Waals surface area contributed by atoms with Gasteiger partial charge in [0.05, 0.1) is 0 Å². The highest BCUT2D eigenvalue weighted by Gasteiger charge is 2.62. The van der Waals surface area contributed by atoms with E-state index in [1.54, 1.807) is 0 Å². The monoisotopic (exact) mass is 564 g/mol. The van der Waals surface area contributed by atoms with Crippen LogP contribution in [-0.4, -0.2) is 87.3 Å². The van der Waals surface area contributed by atoms with Gasteiger partial charge in [0, 0.05) is 34.3 Å². The molecule has 1 heterocycles. The second kappa shape index (κ2) is 12.4. The minimum absolute atomic E-state index is 0.179. The molecule has 1 saturated heterocycles. The molecule has 0 spiro atoms. The molecule has 0 N–H and O–H groups in total. The van der Waals surface area contributed by atoms with Crippen LogP contribution in [0.2, 0.25) is 0 Å². The van der Waals surface area contributed by atoms with Crippen LogP contribution in [0.3, 0.4) is 0 Å². The van der Waals surface area contributed by atoms with Crippen molar-refractivity contribution in [3.05, 3.63) is 0 Å². The zero-order valence-electron chi connectivity index (χ0n) is 20.2. The highest BCUT2D eigenvalue weighted by molar-refractivity contribution is 7.87. The fraction of sp³-hybridized carbons (Fsp3) is 0.800. The molecule has 2 fully saturated rings. The van der Waals surface area contributed by atoms with E-state index in [2.05, 4.69) is 4.18 Å². The Balaban J connectivity index is 2.73. The lowest BCUT2D eigenvalue weighted by Gasteiger charge is -2.48. The van der Waals surface area contributed by atoms with Gasteiger partial charge in [-0.15, -0.1) is 0 Å². The quantitative estimate of drug-likeness (QED) is 0.176. The van der Waals surface area contributed by atoms with Crippen LogP contribution in [0, 0.1) is 0 Å². The summed E-state index contributed by atoms with van der Waals surface area (Å²) in [6.07, 6.45) is -12.0. The molecule has 7 atom stereocenters. The smallest absolute Gasteiger partial charge is 0.456 e. The summed E-state index contributed by atoms with van der Waals surface area (Å²) in [6.45, 7) is 3.71. The fourth-order valence-electron chi connectivity index (χ4n) is 3.88. The molecule has 0 amide bonds. The van der Waals surface area contributed by atoms with Crippen LogP contribution in [-0.2, 0) is 61.9 Å². The van der Waals surface area contributed by atoms with Crippen molar-refractivity contribution in [1.29, 1.82) is 0 Å². The number of carbonyl (C=O) groups is 4. The molecule has 1 saturated carbocycles. The number of halogens is 3. The summed E-state index contributed by atoms with van der Waals surface area (Å²) in [5.41, 5.74) is -5.93. The summed E-state index contributed by atoms with van der Waals surface area (Å²) in [5, 5.41) is 0. The van der Waals surface area contributed by atoms with Crippen LogP contribution in [0.4, 0.5) is 13.2 Å². The van der Waals surface area contributed by atoms with E-state index >= 15 is 0 Å². The van der Waals surface area contributed by atoms with Crippen molar-refractivity contribution in [3.8, 4) is 0 Å². The molecule has 2 rings (SSSR count). The van der Waals surface area contributed by atoms with Crippen molar-refractivity contribution in [2.24, 2.45) is 0 Å². The van der Waals surface area contributed by atoms with Crippen molar-refractivity contribution in [2.75, 3.05) is 6.61 Å². The van der Waals surface area contributed by atoms with Crippen LogP contribution >= 0.6 is 0 Å². The number of alkyl halides is 3. The largest absolute Gasteiger partial charge is 0.523 e. The molecule has 0 aromatic heterocycles. The SMILES string of the molecule is CC(=O)O[C@H]1[C@H](OC(C)=O)[C@@H](OC(C)=O)[C@H](OS(=O)(=O)C(F)(F)F)[C@H](OC2CCCCO2)[C@@H]1OC(C)=O. The molecule has 0 aromatic carbocycles. The Kier molecular flexibility index (Phi) is 10.3. The maximum Gasteiger partial charge on any atom is 0.523 e. The van der Waals surface area contributed by atoms with Crippen LogP contribution in [0.5, 0.6) is 0 Å². The Hall–Kier alpha value is -2.50. The van der Waals surface area contributed by atoms with Crippen LogP contribution in [0.1, 0.15) is 47.0 Å². The third-order valence-corrected chi connectivity index (χ3v) is 6.16. The number of esters is 4. The third-order valence-electron chi connectivity index (χ3n) is 5.12. The summed E-state index contributed by atoms with van der Waals surface area (Å²) in [7, 11) is -6.38. The Morgan fingerprint density at radius 3 is 1.46 bits per heavy atom. The molecule has 17 heteroatoms. The Morgan fingerprint density at radius 2 is 1.11 bits per heavy atom. The highest BCUT2D eigenvalue weighted by Crippen LogP contribution is 2.38. The predicted molar refractivity (Wildman–Crippen MR) is 111 cm³/mol. The summed E-state index contributed by atoms with van der Waals surface area (Å²) < 4.78 is 100.0. The lowest BCUT2D eigenvalue weighted by atomic mass is 9.83. The van der Waals surface area contributed by atoms with Crippen molar-refractivity contribution in [1.82, 2.24) is 0 Å². The molecule has 0 bridgehead atoms. The van der Waals surface area contributed by atoms with Gasteiger partial charge in [0.25, 0.3) is 0 Å². The van der Waals surface area contributed by atoms with Crippen molar-refractivity contribution < 1.29 is 73.4 Å². The van der Waals surface area contributed by atoms with Gasteiger partial charge in [-0.25, -0.2) is 0 Å². The molecular formula is C20H27F3O13S. The third kappa shape index (κ3) is 8.24. The van der Waals surface area contributed by atoms with Crippen LogP contribution in [0.15, 0.2) is 0 Å². The van der Waals surface area contributed by atoms with E-state index in [1.807, 2.05) is 0 Å². The van der Waals surface area contributed by atoms with Gasteiger partial charge in [0.2, 0.25) is 0 Å². The Labute approximate surface area is 209 Å². The average Bonchev–Trinajstić information content (AvgIpc) is 2.74. The number of ether oxygens (including phenoxy) is 6. The van der Waals surface area contributed by atoms with Crippen molar-refractivity contribution >= 4 is 34.0 Å². The molecule has 0 radical (unpaired) electrons. The fourth-order valence-corrected chi connectivity index (χ4v) is 4.50. The molecule has 1 unspecified atom stereocenters. The summed E-state index contributed by atoms with van der Waals surface area (Å²) in [6, 6.07) is 0. The normalized spacial score (nSPS) is 30.6. The number of hydrogen-bond donors (Lipinski definition) is 0. The lowest BCUT2D eigenvalue weighted by Crippen LogP contribution is -2.69. The summed E-state index contributed by atoms with van der Waals surface area (Å²) in [5.74, 6) is -4.31. The first-order valence-electron chi connectivity index (χ1n) is 11.0. The van der Waals surface area contributed by atoms with E-state index in [1.165, 1.54) is 0 Å². The Morgan fingerprint density at radius 1 is 0.703 bits per heavy atom. The molecule has 2 aliphatic rings. The minimum Gasteiger partial charge on any atom is -0.456 e. The molecule has 13 nitrogen and oxygen atoms in total. The van der Waals surface area contributed by atoms with Gasteiger partial charge >= 0.3 is 39.5 Å². The second-order valence-corrected chi connectivity index (χ2v) is 9.72. The molecule has 1 aliphatic carbocycles. The highest BCUT2D eigenvalue weighted by atomic mass is 32.2. The zero-order chi connectivity index (χ0) is 28.1. The molecule has 0 aromatic rings. The molecule has 1 aliphatic heterocycles.